The van der Waals surface area contributed by atoms with Crippen molar-refractivity contribution < 1.29 is 14.4 Å². The Kier molecular flexibility index (Phi) is 5.77. The molecule has 0 atom stereocenters. The van der Waals surface area contributed by atoms with Gasteiger partial charge in [0, 0.05) is 35.0 Å². The Labute approximate surface area is 153 Å². The highest BCUT2D eigenvalue weighted by Gasteiger charge is 2.15. The molecular weight excluding hydrogens is 330 g/mol. The van der Waals surface area contributed by atoms with E-state index in [4.69, 9.17) is 0 Å². The lowest BCUT2D eigenvalue weighted by molar-refractivity contribution is 0.0916. The van der Waals surface area contributed by atoms with Gasteiger partial charge in [-0.05, 0) is 69.3 Å². The van der Waals surface area contributed by atoms with Crippen LogP contribution < -0.4 is 16.0 Å². The second kappa shape index (κ2) is 7.82. The van der Waals surface area contributed by atoms with Crippen LogP contribution in [0.5, 0.6) is 0 Å². The van der Waals surface area contributed by atoms with Crippen LogP contribution in [0, 0.1) is 0 Å². The summed E-state index contributed by atoms with van der Waals surface area (Å²) in [6, 6.07) is 13.0. The molecule has 0 bridgehead atoms. The van der Waals surface area contributed by atoms with Crippen LogP contribution in [0.25, 0.3) is 0 Å². The molecule has 2 aromatic carbocycles. The zero-order chi connectivity index (χ0) is 19.3. The summed E-state index contributed by atoms with van der Waals surface area (Å²) in [5.41, 5.74) is 1.70. The number of carbonyl (C=O) groups is 3. The molecule has 26 heavy (non-hydrogen) atoms. The zero-order valence-electron chi connectivity index (χ0n) is 15.3. The highest BCUT2D eigenvalue weighted by atomic mass is 16.2. The van der Waals surface area contributed by atoms with Crippen LogP contribution in [0.4, 0.5) is 5.69 Å². The van der Waals surface area contributed by atoms with Gasteiger partial charge in [-0.25, -0.2) is 0 Å². The summed E-state index contributed by atoms with van der Waals surface area (Å²) < 4.78 is 0. The monoisotopic (exact) mass is 353 g/mol. The van der Waals surface area contributed by atoms with Gasteiger partial charge in [0.05, 0.1) is 0 Å². The van der Waals surface area contributed by atoms with E-state index in [1.54, 1.807) is 55.6 Å². The van der Waals surface area contributed by atoms with Crippen molar-refractivity contribution in [3.63, 3.8) is 0 Å². The fourth-order valence-electron chi connectivity index (χ4n) is 2.24. The lowest BCUT2D eigenvalue weighted by atomic mass is 10.1. The number of amides is 3. The molecule has 6 heteroatoms. The first kappa shape index (κ1) is 19.2. The number of benzene rings is 2. The van der Waals surface area contributed by atoms with Gasteiger partial charge in [-0.15, -0.1) is 0 Å². The molecule has 136 valence electrons. The molecule has 0 radical (unpaired) electrons. The summed E-state index contributed by atoms with van der Waals surface area (Å²) >= 11 is 0. The predicted octanol–water partition coefficient (Wildman–Crippen LogP) is 2.83. The topological polar surface area (TPSA) is 87.3 Å². The number of hydrogen-bond acceptors (Lipinski definition) is 3. The van der Waals surface area contributed by atoms with Crippen LogP contribution in [0.3, 0.4) is 0 Å². The van der Waals surface area contributed by atoms with Crippen molar-refractivity contribution in [3.8, 4) is 0 Å². The number of hydrogen-bond donors (Lipinski definition) is 3. The quantitative estimate of drug-likeness (QED) is 0.790. The van der Waals surface area contributed by atoms with Gasteiger partial charge in [-0.1, -0.05) is 0 Å². The summed E-state index contributed by atoms with van der Waals surface area (Å²) in [5.74, 6) is -0.665. The predicted molar refractivity (Wildman–Crippen MR) is 101 cm³/mol. The van der Waals surface area contributed by atoms with E-state index in [2.05, 4.69) is 16.0 Å². The highest BCUT2D eigenvalue weighted by molar-refractivity contribution is 6.05. The summed E-state index contributed by atoms with van der Waals surface area (Å²) in [6.45, 7) is 5.71. The molecule has 0 aliphatic heterocycles. The van der Waals surface area contributed by atoms with Crippen molar-refractivity contribution >= 4 is 23.4 Å². The minimum Gasteiger partial charge on any atom is -0.355 e. The fourth-order valence-corrected chi connectivity index (χ4v) is 2.24. The van der Waals surface area contributed by atoms with Crippen molar-refractivity contribution in [2.24, 2.45) is 0 Å². The second-order valence-corrected chi connectivity index (χ2v) is 6.89. The number of anilines is 1. The second-order valence-electron chi connectivity index (χ2n) is 6.89. The maximum atomic E-state index is 12.3. The maximum absolute atomic E-state index is 12.3. The third-order valence-electron chi connectivity index (χ3n) is 3.53. The Morgan fingerprint density at radius 1 is 0.692 bits per heavy atom. The smallest absolute Gasteiger partial charge is 0.255 e. The normalized spacial score (nSPS) is 10.8. The molecule has 0 saturated carbocycles. The molecule has 0 aromatic heterocycles. The Hall–Kier alpha value is -3.15. The highest BCUT2D eigenvalue weighted by Crippen LogP contribution is 2.13. The van der Waals surface area contributed by atoms with Crippen LogP contribution in [0.1, 0.15) is 51.8 Å². The summed E-state index contributed by atoms with van der Waals surface area (Å²) in [4.78, 5) is 35.9. The van der Waals surface area contributed by atoms with Crippen LogP contribution >= 0.6 is 0 Å². The first-order chi connectivity index (χ1) is 12.2. The molecule has 2 rings (SSSR count). The van der Waals surface area contributed by atoms with Gasteiger partial charge >= 0.3 is 0 Å². The van der Waals surface area contributed by atoms with Gasteiger partial charge in [-0.3, -0.25) is 14.4 Å². The van der Waals surface area contributed by atoms with Crippen molar-refractivity contribution in [1.29, 1.82) is 0 Å². The molecule has 0 fully saturated rings. The van der Waals surface area contributed by atoms with E-state index in [-0.39, 0.29) is 23.3 Å². The standard InChI is InChI=1S/C20H23N3O3/c1-20(2,3)23-19(26)15-7-5-14(6-8-15)18(25)22-16-11-9-13(10-12-16)17(24)21-4/h5-12H,1-4H3,(H,21,24)(H,22,25)(H,23,26). The Bertz CT molecular complexity index is 804. The first-order valence-corrected chi connectivity index (χ1v) is 8.26. The van der Waals surface area contributed by atoms with Gasteiger partial charge in [0.1, 0.15) is 0 Å². The van der Waals surface area contributed by atoms with Crippen molar-refractivity contribution in [2.45, 2.75) is 26.3 Å². The maximum Gasteiger partial charge on any atom is 0.255 e. The molecule has 0 aliphatic carbocycles. The lowest BCUT2D eigenvalue weighted by Crippen LogP contribution is -2.40. The van der Waals surface area contributed by atoms with Gasteiger partial charge < -0.3 is 16.0 Å². The molecule has 0 heterocycles. The van der Waals surface area contributed by atoms with E-state index in [1.807, 2.05) is 20.8 Å². The molecule has 2 aromatic rings. The Balaban J connectivity index is 2.04. The van der Waals surface area contributed by atoms with Gasteiger partial charge in [0.15, 0.2) is 0 Å². The number of nitrogens with one attached hydrogen (secondary N) is 3. The first-order valence-electron chi connectivity index (χ1n) is 8.26. The van der Waals surface area contributed by atoms with E-state index in [0.717, 1.165) is 0 Å². The van der Waals surface area contributed by atoms with E-state index in [9.17, 15) is 14.4 Å². The molecular formula is C20H23N3O3. The van der Waals surface area contributed by atoms with Crippen molar-refractivity contribution in [3.05, 3.63) is 65.2 Å². The molecule has 3 N–H and O–H groups in total. The van der Waals surface area contributed by atoms with Crippen molar-refractivity contribution in [1.82, 2.24) is 10.6 Å². The molecule has 0 aliphatic rings. The summed E-state index contributed by atoms with van der Waals surface area (Å²) in [6.07, 6.45) is 0. The SMILES string of the molecule is CNC(=O)c1ccc(NC(=O)c2ccc(C(=O)NC(C)(C)C)cc2)cc1. The third kappa shape index (κ3) is 5.17. The van der Waals surface area contributed by atoms with E-state index < -0.39 is 0 Å². The average molecular weight is 353 g/mol. The molecule has 0 saturated heterocycles. The van der Waals surface area contributed by atoms with Gasteiger partial charge in [-0.2, -0.15) is 0 Å². The largest absolute Gasteiger partial charge is 0.355 e. The van der Waals surface area contributed by atoms with E-state index in [1.165, 1.54) is 0 Å². The van der Waals surface area contributed by atoms with Gasteiger partial charge in [0.2, 0.25) is 0 Å². The minimum atomic E-state index is -0.325. The van der Waals surface area contributed by atoms with E-state index in [0.29, 0.717) is 22.4 Å². The van der Waals surface area contributed by atoms with Gasteiger partial charge in [0.25, 0.3) is 17.7 Å². The average Bonchev–Trinajstić information content (AvgIpc) is 2.60. The van der Waals surface area contributed by atoms with Crippen LogP contribution in [-0.2, 0) is 0 Å². The number of rotatable bonds is 4. The van der Waals surface area contributed by atoms with Crippen LogP contribution in [0.2, 0.25) is 0 Å². The Morgan fingerprint density at radius 2 is 1.12 bits per heavy atom. The van der Waals surface area contributed by atoms with E-state index >= 15 is 0 Å². The molecule has 3 amide bonds. The van der Waals surface area contributed by atoms with Crippen molar-refractivity contribution in [2.75, 3.05) is 12.4 Å². The molecule has 6 nitrogen and oxygen atoms in total. The number of carbonyl (C=O) groups excluding carboxylic acids is 3. The third-order valence-corrected chi connectivity index (χ3v) is 3.53. The van der Waals surface area contributed by atoms with Crippen LogP contribution in [0.15, 0.2) is 48.5 Å². The van der Waals surface area contributed by atoms with Crippen LogP contribution in [-0.4, -0.2) is 30.3 Å². The lowest BCUT2D eigenvalue weighted by Gasteiger charge is -2.20. The minimum absolute atomic E-state index is 0.186. The fraction of sp³-hybridized carbons (Fsp3) is 0.250. The Morgan fingerprint density at radius 3 is 1.58 bits per heavy atom. The molecule has 0 spiro atoms. The summed E-state index contributed by atoms with van der Waals surface area (Å²) in [5, 5.41) is 8.17. The summed E-state index contributed by atoms with van der Waals surface area (Å²) in [7, 11) is 1.56. The zero-order valence-corrected chi connectivity index (χ0v) is 15.3. The molecule has 0 unspecified atom stereocenters.